The van der Waals surface area contributed by atoms with Crippen molar-refractivity contribution in [1.29, 1.82) is 0 Å². The van der Waals surface area contributed by atoms with Crippen molar-refractivity contribution in [2.75, 3.05) is 0 Å². The number of hydrogen-bond acceptors (Lipinski definition) is 0. The zero-order valence-electron chi connectivity index (χ0n) is 9.02. The SMILES string of the molecule is CCCCc1ccc(C(Br)C(F)(F)F)cc1. The quantitative estimate of drug-likeness (QED) is 0.684. The molecule has 0 spiro atoms. The minimum atomic E-state index is -4.23. The number of unbranched alkanes of at least 4 members (excludes halogenated alkanes) is 1. The molecule has 90 valence electrons. The average Bonchev–Trinajstić information content (AvgIpc) is 2.25. The van der Waals surface area contributed by atoms with E-state index >= 15 is 0 Å². The Balaban J connectivity index is 2.71. The van der Waals surface area contributed by atoms with Crippen LogP contribution in [0.15, 0.2) is 24.3 Å². The molecule has 1 aromatic carbocycles. The van der Waals surface area contributed by atoms with Gasteiger partial charge >= 0.3 is 6.18 Å². The molecule has 1 atom stereocenters. The summed E-state index contributed by atoms with van der Waals surface area (Å²) in [6.07, 6.45) is -1.15. The van der Waals surface area contributed by atoms with Gasteiger partial charge in [0.05, 0.1) is 0 Å². The molecule has 0 bridgehead atoms. The third kappa shape index (κ3) is 3.81. The Morgan fingerprint density at radius 2 is 1.75 bits per heavy atom. The molecular formula is C12H14BrF3. The zero-order chi connectivity index (χ0) is 12.2. The van der Waals surface area contributed by atoms with Crippen molar-refractivity contribution in [2.24, 2.45) is 0 Å². The van der Waals surface area contributed by atoms with E-state index in [4.69, 9.17) is 0 Å². The Morgan fingerprint density at radius 1 is 1.19 bits per heavy atom. The van der Waals surface area contributed by atoms with Crippen LogP contribution in [0, 0.1) is 0 Å². The fraction of sp³-hybridized carbons (Fsp3) is 0.500. The first kappa shape index (κ1) is 13.6. The monoisotopic (exact) mass is 294 g/mol. The van der Waals surface area contributed by atoms with Crippen LogP contribution < -0.4 is 0 Å². The third-order valence-corrected chi connectivity index (χ3v) is 3.43. The summed E-state index contributed by atoms with van der Waals surface area (Å²) < 4.78 is 37.2. The number of hydrogen-bond donors (Lipinski definition) is 0. The molecule has 0 aliphatic rings. The standard InChI is InChI=1S/C12H14BrF3/c1-2-3-4-9-5-7-10(8-6-9)11(13)12(14,15)16/h5-8,11H,2-4H2,1H3. The van der Waals surface area contributed by atoms with E-state index in [1.165, 1.54) is 12.1 Å². The van der Waals surface area contributed by atoms with Crippen molar-refractivity contribution < 1.29 is 13.2 Å². The summed E-state index contributed by atoms with van der Waals surface area (Å²) in [6, 6.07) is 6.62. The first-order chi connectivity index (χ1) is 7.45. The van der Waals surface area contributed by atoms with Crippen molar-refractivity contribution in [3.8, 4) is 0 Å². The highest BCUT2D eigenvalue weighted by Gasteiger charge is 2.38. The minimum Gasteiger partial charge on any atom is -0.169 e. The van der Waals surface area contributed by atoms with Crippen molar-refractivity contribution >= 4 is 15.9 Å². The second kappa shape index (κ2) is 5.71. The predicted octanol–water partition coefficient (Wildman–Crippen LogP) is 5.03. The number of aryl methyl sites for hydroxylation is 1. The summed E-state index contributed by atoms with van der Waals surface area (Å²) in [7, 11) is 0. The molecule has 0 amide bonds. The van der Waals surface area contributed by atoms with Crippen LogP contribution in [0.5, 0.6) is 0 Å². The summed E-state index contributed by atoms with van der Waals surface area (Å²) in [4.78, 5) is -1.57. The van der Waals surface area contributed by atoms with Gasteiger partial charge in [-0.3, -0.25) is 0 Å². The van der Waals surface area contributed by atoms with Gasteiger partial charge in [-0.25, -0.2) is 0 Å². The smallest absolute Gasteiger partial charge is 0.169 e. The lowest BCUT2D eigenvalue weighted by Gasteiger charge is -2.14. The van der Waals surface area contributed by atoms with Gasteiger partial charge in [0.1, 0.15) is 4.83 Å². The minimum absolute atomic E-state index is 0.257. The first-order valence-corrected chi connectivity index (χ1v) is 6.16. The second-order valence-electron chi connectivity index (χ2n) is 3.75. The summed E-state index contributed by atoms with van der Waals surface area (Å²) in [5.74, 6) is 0. The van der Waals surface area contributed by atoms with Crippen LogP contribution in [0.3, 0.4) is 0 Å². The van der Waals surface area contributed by atoms with Crippen LogP contribution in [0.4, 0.5) is 13.2 Å². The Bertz CT molecular complexity index is 316. The molecule has 0 fully saturated rings. The van der Waals surface area contributed by atoms with E-state index in [9.17, 15) is 13.2 Å². The van der Waals surface area contributed by atoms with Crippen molar-refractivity contribution in [1.82, 2.24) is 0 Å². The summed E-state index contributed by atoms with van der Waals surface area (Å²) in [6.45, 7) is 2.09. The molecule has 1 aromatic rings. The number of benzene rings is 1. The molecule has 0 aliphatic heterocycles. The fourth-order valence-corrected chi connectivity index (χ4v) is 1.73. The Hall–Kier alpha value is -0.510. The van der Waals surface area contributed by atoms with Gasteiger partial charge in [0.15, 0.2) is 0 Å². The fourth-order valence-electron chi connectivity index (χ4n) is 1.42. The zero-order valence-corrected chi connectivity index (χ0v) is 10.6. The predicted molar refractivity (Wildman–Crippen MR) is 62.8 cm³/mol. The molecule has 0 radical (unpaired) electrons. The second-order valence-corrected chi connectivity index (χ2v) is 4.66. The highest BCUT2D eigenvalue weighted by atomic mass is 79.9. The van der Waals surface area contributed by atoms with E-state index in [2.05, 4.69) is 22.9 Å². The molecule has 4 heteroatoms. The third-order valence-electron chi connectivity index (χ3n) is 2.38. The first-order valence-electron chi connectivity index (χ1n) is 5.24. The molecular weight excluding hydrogens is 281 g/mol. The van der Waals surface area contributed by atoms with E-state index in [1.54, 1.807) is 12.1 Å². The van der Waals surface area contributed by atoms with E-state index in [0.717, 1.165) is 24.8 Å². The van der Waals surface area contributed by atoms with E-state index in [0.29, 0.717) is 0 Å². The van der Waals surface area contributed by atoms with Crippen LogP contribution >= 0.6 is 15.9 Å². The van der Waals surface area contributed by atoms with Gasteiger partial charge in [-0.2, -0.15) is 13.2 Å². The molecule has 0 aliphatic carbocycles. The average molecular weight is 295 g/mol. The van der Waals surface area contributed by atoms with Gasteiger partial charge in [-0.1, -0.05) is 53.5 Å². The lowest BCUT2D eigenvalue weighted by molar-refractivity contribution is -0.128. The highest BCUT2D eigenvalue weighted by Crippen LogP contribution is 2.39. The largest absolute Gasteiger partial charge is 0.405 e. The maximum Gasteiger partial charge on any atom is 0.405 e. The number of halogens is 4. The maximum absolute atomic E-state index is 12.4. The van der Waals surface area contributed by atoms with Crippen molar-refractivity contribution in [2.45, 2.75) is 37.2 Å². The molecule has 0 saturated carbocycles. The molecule has 1 rings (SSSR count). The van der Waals surface area contributed by atoms with Gasteiger partial charge in [-0.15, -0.1) is 0 Å². The molecule has 0 aromatic heterocycles. The van der Waals surface area contributed by atoms with Gasteiger partial charge in [0.2, 0.25) is 0 Å². The van der Waals surface area contributed by atoms with Gasteiger partial charge < -0.3 is 0 Å². The number of alkyl halides is 4. The van der Waals surface area contributed by atoms with Crippen LogP contribution in [0.2, 0.25) is 0 Å². The molecule has 0 saturated heterocycles. The summed E-state index contributed by atoms with van der Waals surface area (Å²) in [5.41, 5.74) is 1.35. The summed E-state index contributed by atoms with van der Waals surface area (Å²) >= 11 is 2.66. The molecule has 0 heterocycles. The van der Waals surface area contributed by atoms with Gasteiger partial charge in [0, 0.05) is 0 Å². The Kier molecular flexibility index (Phi) is 4.84. The van der Waals surface area contributed by atoms with Crippen LogP contribution in [-0.2, 0) is 6.42 Å². The Labute approximate surface area is 102 Å². The molecule has 1 unspecified atom stereocenters. The highest BCUT2D eigenvalue weighted by molar-refractivity contribution is 9.09. The van der Waals surface area contributed by atoms with Gasteiger partial charge in [-0.05, 0) is 24.0 Å². The van der Waals surface area contributed by atoms with Crippen LogP contribution in [-0.4, -0.2) is 6.18 Å². The molecule has 16 heavy (non-hydrogen) atoms. The van der Waals surface area contributed by atoms with Crippen molar-refractivity contribution in [3.63, 3.8) is 0 Å². The van der Waals surface area contributed by atoms with E-state index in [-0.39, 0.29) is 5.56 Å². The maximum atomic E-state index is 12.4. The molecule has 0 nitrogen and oxygen atoms in total. The van der Waals surface area contributed by atoms with E-state index in [1.807, 2.05) is 0 Å². The van der Waals surface area contributed by atoms with Crippen LogP contribution in [0.25, 0.3) is 0 Å². The Morgan fingerprint density at radius 3 is 2.19 bits per heavy atom. The molecule has 0 N–H and O–H groups in total. The lowest BCUT2D eigenvalue weighted by Crippen LogP contribution is -2.15. The van der Waals surface area contributed by atoms with E-state index < -0.39 is 11.0 Å². The summed E-state index contributed by atoms with van der Waals surface area (Å²) in [5, 5.41) is 0. The topological polar surface area (TPSA) is 0 Å². The number of rotatable bonds is 4. The lowest BCUT2D eigenvalue weighted by atomic mass is 10.0. The van der Waals surface area contributed by atoms with Crippen molar-refractivity contribution in [3.05, 3.63) is 35.4 Å². The van der Waals surface area contributed by atoms with Gasteiger partial charge in [0.25, 0.3) is 0 Å². The van der Waals surface area contributed by atoms with Crippen LogP contribution in [0.1, 0.15) is 35.7 Å². The normalized spacial score (nSPS) is 13.8.